The van der Waals surface area contributed by atoms with Gasteiger partial charge in [-0.1, -0.05) is 0 Å². The number of ether oxygens (including phenoxy) is 1. The fourth-order valence-corrected chi connectivity index (χ4v) is 1.52. The molecule has 0 saturated carbocycles. The average Bonchev–Trinajstić information content (AvgIpc) is 2.22. The van der Waals surface area contributed by atoms with Crippen molar-refractivity contribution in [3.8, 4) is 0 Å². The van der Waals surface area contributed by atoms with Gasteiger partial charge in [-0.2, -0.15) is 0 Å². The minimum Gasteiger partial charge on any atom is -0.513 e. The molecule has 1 heterocycles. The van der Waals surface area contributed by atoms with Crippen molar-refractivity contribution in [1.29, 1.82) is 0 Å². The number of rotatable bonds is 3. The van der Waals surface area contributed by atoms with Gasteiger partial charge >= 0.3 is 5.97 Å². The number of aliphatic hydroxyl groups is 1. The highest BCUT2D eigenvalue weighted by Crippen LogP contribution is 2.09. The number of carbonyl (C=O) groups is 1. The molecule has 1 fully saturated rings. The number of esters is 1. The smallest absolute Gasteiger partial charge is 0.357 e. The second-order valence-corrected chi connectivity index (χ2v) is 3.53. The van der Waals surface area contributed by atoms with E-state index < -0.39 is 5.97 Å². The summed E-state index contributed by atoms with van der Waals surface area (Å²) >= 11 is 0. The lowest BCUT2D eigenvalue weighted by Crippen LogP contribution is -2.45. The van der Waals surface area contributed by atoms with Crippen molar-refractivity contribution >= 4 is 5.97 Å². The van der Waals surface area contributed by atoms with Crippen molar-refractivity contribution in [2.75, 3.05) is 39.8 Å². The SMILES string of the molecule is CCOC(=O)C(=CO)N1CCN(C)CC1. The minimum absolute atomic E-state index is 0.255. The van der Waals surface area contributed by atoms with Gasteiger partial charge in [0.2, 0.25) is 0 Å². The van der Waals surface area contributed by atoms with Gasteiger partial charge in [0.15, 0.2) is 5.70 Å². The van der Waals surface area contributed by atoms with E-state index in [2.05, 4.69) is 4.90 Å². The van der Waals surface area contributed by atoms with Crippen LogP contribution in [0.4, 0.5) is 0 Å². The molecule has 0 radical (unpaired) electrons. The van der Waals surface area contributed by atoms with Crippen LogP contribution in [-0.4, -0.2) is 60.7 Å². The Bertz CT molecular complexity index is 245. The fourth-order valence-electron chi connectivity index (χ4n) is 1.52. The summed E-state index contributed by atoms with van der Waals surface area (Å²) in [5, 5.41) is 9.02. The van der Waals surface area contributed by atoms with Gasteiger partial charge in [0.25, 0.3) is 0 Å². The van der Waals surface area contributed by atoms with Gasteiger partial charge in [-0.25, -0.2) is 4.79 Å². The molecule has 1 saturated heterocycles. The quantitative estimate of drug-likeness (QED) is 0.413. The van der Waals surface area contributed by atoms with Crippen LogP contribution in [-0.2, 0) is 9.53 Å². The molecule has 0 unspecified atom stereocenters. The Balaban J connectivity index is 2.56. The highest BCUT2D eigenvalue weighted by molar-refractivity contribution is 5.87. The maximum atomic E-state index is 11.4. The van der Waals surface area contributed by atoms with Crippen molar-refractivity contribution in [3.05, 3.63) is 12.0 Å². The van der Waals surface area contributed by atoms with E-state index in [1.807, 2.05) is 11.9 Å². The van der Waals surface area contributed by atoms with Crippen LogP contribution in [0.5, 0.6) is 0 Å². The molecule has 0 bridgehead atoms. The van der Waals surface area contributed by atoms with Crippen molar-refractivity contribution in [2.24, 2.45) is 0 Å². The summed E-state index contributed by atoms with van der Waals surface area (Å²) in [5.41, 5.74) is 0.255. The number of hydrogen-bond acceptors (Lipinski definition) is 5. The van der Waals surface area contributed by atoms with Gasteiger partial charge in [0.1, 0.15) is 6.26 Å². The first-order valence-corrected chi connectivity index (χ1v) is 5.14. The van der Waals surface area contributed by atoms with Crippen molar-refractivity contribution in [1.82, 2.24) is 9.80 Å². The zero-order valence-electron chi connectivity index (χ0n) is 9.27. The van der Waals surface area contributed by atoms with Gasteiger partial charge in [-0.05, 0) is 14.0 Å². The van der Waals surface area contributed by atoms with Crippen LogP contribution in [0.2, 0.25) is 0 Å². The third kappa shape index (κ3) is 3.13. The Kier molecular flexibility index (Phi) is 4.42. The second kappa shape index (κ2) is 5.60. The third-order valence-corrected chi connectivity index (χ3v) is 2.45. The summed E-state index contributed by atoms with van der Waals surface area (Å²) in [7, 11) is 2.03. The maximum absolute atomic E-state index is 11.4. The number of piperazine rings is 1. The molecule has 0 aromatic carbocycles. The molecule has 0 atom stereocenters. The number of likely N-dealkylation sites (N-methyl/N-ethyl adjacent to an activating group) is 1. The molecule has 1 N–H and O–H groups in total. The first-order chi connectivity index (χ1) is 7.19. The highest BCUT2D eigenvalue weighted by atomic mass is 16.5. The van der Waals surface area contributed by atoms with Crippen LogP contribution in [0.1, 0.15) is 6.92 Å². The Hall–Kier alpha value is -1.23. The van der Waals surface area contributed by atoms with Crippen LogP contribution in [0.3, 0.4) is 0 Å². The van der Waals surface area contributed by atoms with Crippen molar-refractivity contribution in [2.45, 2.75) is 6.92 Å². The minimum atomic E-state index is -0.454. The molecule has 15 heavy (non-hydrogen) atoms. The van der Waals surface area contributed by atoms with Gasteiger partial charge in [-0.3, -0.25) is 0 Å². The molecule has 1 aliphatic heterocycles. The van der Waals surface area contributed by atoms with Crippen LogP contribution >= 0.6 is 0 Å². The second-order valence-electron chi connectivity index (χ2n) is 3.53. The lowest BCUT2D eigenvalue weighted by atomic mass is 10.3. The standard InChI is InChI=1S/C10H18N2O3/c1-3-15-10(14)9(8-13)12-6-4-11(2)5-7-12/h8,13H,3-7H2,1-2H3. The van der Waals surface area contributed by atoms with E-state index in [0.29, 0.717) is 6.61 Å². The number of carbonyl (C=O) groups excluding carboxylic acids is 1. The zero-order valence-corrected chi connectivity index (χ0v) is 9.27. The lowest BCUT2D eigenvalue weighted by Gasteiger charge is -2.33. The average molecular weight is 214 g/mol. The Morgan fingerprint density at radius 1 is 1.40 bits per heavy atom. The summed E-state index contributed by atoms with van der Waals surface area (Å²) in [5.74, 6) is -0.454. The van der Waals surface area contributed by atoms with E-state index in [9.17, 15) is 4.79 Å². The van der Waals surface area contributed by atoms with E-state index in [0.717, 1.165) is 32.4 Å². The summed E-state index contributed by atoms with van der Waals surface area (Å²) in [6.45, 7) is 5.32. The van der Waals surface area contributed by atoms with Gasteiger partial charge in [0.05, 0.1) is 6.61 Å². The summed E-state index contributed by atoms with van der Waals surface area (Å²) in [6.07, 6.45) is 0.837. The first-order valence-electron chi connectivity index (χ1n) is 5.14. The molecular weight excluding hydrogens is 196 g/mol. The number of nitrogens with zero attached hydrogens (tertiary/aromatic N) is 2. The molecule has 0 amide bonds. The molecule has 0 spiro atoms. The van der Waals surface area contributed by atoms with Crippen molar-refractivity contribution < 1.29 is 14.6 Å². The summed E-state index contributed by atoms with van der Waals surface area (Å²) in [4.78, 5) is 15.5. The molecule has 0 aliphatic carbocycles. The van der Waals surface area contributed by atoms with Gasteiger partial charge in [-0.15, -0.1) is 0 Å². The molecule has 5 heteroatoms. The molecule has 0 aromatic heterocycles. The Morgan fingerprint density at radius 3 is 2.47 bits per heavy atom. The van der Waals surface area contributed by atoms with Gasteiger partial charge in [0, 0.05) is 26.2 Å². The molecule has 1 aliphatic rings. The predicted octanol–water partition coefficient (Wildman–Crippen LogP) is 0.196. The van der Waals surface area contributed by atoms with E-state index in [1.165, 1.54) is 0 Å². The lowest BCUT2D eigenvalue weighted by molar-refractivity contribution is -0.140. The molecule has 0 aromatic rings. The number of aliphatic hydroxyl groups excluding tert-OH is 1. The predicted molar refractivity (Wildman–Crippen MR) is 56.4 cm³/mol. The molecular formula is C10H18N2O3. The Morgan fingerprint density at radius 2 is 2.00 bits per heavy atom. The van der Waals surface area contributed by atoms with E-state index in [4.69, 9.17) is 9.84 Å². The zero-order chi connectivity index (χ0) is 11.3. The summed E-state index contributed by atoms with van der Waals surface area (Å²) in [6, 6.07) is 0. The fraction of sp³-hybridized carbons (Fsp3) is 0.700. The molecule has 1 rings (SSSR count). The van der Waals surface area contributed by atoms with Crippen LogP contribution in [0, 0.1) is 0 Å². The highest BCUT2D eigenvalue weighted by Gasteiger charge is 2.22. The van der Waals surface area contributed by atoms with E-state index in [-0.39, 0.29) is 5.70 Å². The maximum Gasteiger partial charge on any atom is 0.357 e. The molecule has 86 valence electrons. The van der Waals surface area contributed by atoms with Crippen LogP contribution in [0.25, 0.3) is 0 Å². The van der Waals surface area contributed by atoms with E-state index in [1.54, 1.807) is 6.92 Å². The summed E-state index contributed by atoms with van der Waals surface area (Å²) < 4.78 is 4.85. The topological polar surface area (TPSA) is 53.0 Å². The van der Waals surface area contributed by atoms with Crippen LogP contribution in [0.15, 0.2) is 12.0 Å². The first kappa shape index (κ1) is 11.8. The number of hydrogen-bond donors (Lipinski definition) is 1. The third-order valence-electron chi connectivity index (χ3n) is 2.45. The largest absolute Gasteiger partial charge is 0.513 e. The van der Waals surface area contributed by atoms with Gasteiger partial charge < -0.3 is 19.6 Å². The monoisotopic (exact) mass is 214 g/mol. The Labute approximate surface area is 89.9 Å². The van der Waals surface area contributed by atoms with Crippen LogP contribution < -0.4 is 0 Å². The normalized spacial score (nSPS) is 19.1. The van der Waals surface area contributed by atoms with Crippen molar-refractivity contribution in [3.63, 3.8) is 0 Å². The van der Waals surface area contributed by atoms with E-state index >= 15 is 0 Å². The molecule has 5 nitrogen and oxygen atoms in total.